The van der Waals surface area contributed by atoms with Crippen molar-refractivity contribution in [3.05, 3.63) is 89.4 Å². The second-order valence-electron chi connectivity index (χ2n) is 5.42. The van der Waals surface area contributed by atoms with Crippen molar-refractivity contribution in [2.24, 2.45) is 4.99 Å². The van der Waals surface area contributed by atoms with Gasteiger partial charge in [0.05, 0.1) is 12.1 Å². The number of halogens is 3. The molecule has 0 radical (unpaired) electrons. The molecule has 0 fully saturated rings. The molecule has 0 saturated heterocycles. The molecule has 0 atom stereocenters. The van der Waals surface area contributed by atoms with E-state index >= 15 is 0 Å². The molecular weight excluding hydrogens is 359 g/mol. The Hall–Kier alpha value is -3.39. The van der Waals surface area contributed by atoms with Crippen molar-refractivity contribution >= 4 is 5.84 Å². The summed E-state index contributed by atoms with van der Waals surface area (Å²) in [6.07, 6.45) is 1.46. The Morgan fingerprint density at radius 1 is 1.04 bits per heavy atom. The molecule has 0 spiro atoms. The van der Waals surface area contributed by atoms with Gasteiger partial charge in [0.1, 0.15) is 23.2 Å². The van der Waals surface area contributed by atoms with Gasteiger partial charge in [-0.15, -0.1) is 0 Å². The molecule has 1 heterocycles. The molecule has 2 aromatic carbocycles. The van der Waals surface area contributed by atoms with Gasteiger partial charge >= 0.3 is 0 Å². The van der Waals surface area contributed by atoms with E-state index in [-0.39, 0.29) is 29.4 Å². The normalized spacial score (nSPS) is 11.3. The van der Waals surface area contributed by atoms with Crippen LogP contribution >= 0.6 is 0 Å². The van der Waals surface area contributed by atoms with Crippen LogP contribution in [-0.4, -0.2) is 16.0 Å². The van der Waals surface area contributed by atoms with E-state index in [2.05, 4.69) is 9.98 Å². The predicted octanol–water partition coefficient (Wildman–Crippen LogP) is 4.22. The third-order valence-electron chi connectivity index (χ3n) is 3.58. The molecule has 0 bridgehead atoms. The highest BCUT2D eigenvalue weighted by molar-refractivity contribution is 6.00. The lowest BCUT2D eigenvalue weighted by Crippen LogP contribution is -2.21. The highest BCUT2D eigenvalue weighted by atomic mass is 19.1. The Morgan fingerprint density at radius 2 is 1.78 bits per heavy atom. The molecule has 0 aliphatic carbocycles. The maximum absolute atomic E-state index is 13.7. The monoisotopic (exact) mass is 373 g/mol. The first-order valence-corrected chi connectivity index (χ1v) is 7.84. The number of aromatic nitrogens is 1. The van der Waals surface area contributed by atoms with Crippen molar-refractivity contribution in [2.45, 2.75) is 6.54 Å². The van der Waals surface area contributed by atoms with E-state index in [1.807, 2.05) is 5.48 Å². The summed E-state index contributed by atoms with van der Waals surface area (Å²) in [7, 11) is 0. The molecule has 27 heavy (non-hydrogen) atoms. The number of rotatable bonds is 5. The van der Waals surface area contributed by atoms with Crippen LogP contribution in [-0.2, 0) is 6.54 Å². The van der Waals surface area contributed by atoms with Crippen molar-refractivity contribution in [1.82, 2.24) is 10.5 Å². The minimum Gasteiger partial charge on any atom is -0.438 e. The standard InChI is InChI=1S/C19H14F3N3O2/c20-13-3-6-15(7-4-13)27-19-16(2-1-9-23-19)18(25-26)24-11-12-10-14(21)5-8-17(12)22/h1-10,26H,11H2,(H,24,25). The second kappa shape index (κ2) is 8.33. The molecule has 3 aromatic rings. The zero-order valence-corrected chi connectivity index (χ0v) is 13.9. The summed E-state index contributed by atoms with van der Waals surface area (Å²) in [6, 6.07) is 11.5. The van der Waals surface area contributed by atoms with Crippen molar-refractivity contribution in [3.8, 4) is 11.6 Å². The minimum atomic E-state index is -0.619. The van der Waals surface area contributed by atoms with Crippen molar-refractivity contribution < 1.29 is 23.1 Å². The van der Waals surface area contributed by atoms with E-state index in [9.17, 15) is 18.4 Å². The first-order chi connectivity index (χ1) is 13.1. The fraction of sp³-hybridized carbons (Fsp3) is 0.0526. The van der Waals surface area contributed by atoms with Crippen LogP contribution in [0, 0.1) is 17.5 Å². The zero-order valence-electron chi connectivity index (χ0n) is 13.9. The van der Waals surface area contributed by atoms with Crippen LogP contribution in [0.3, 0.4) is 0 Å². The van der Waals surface area contributed by atoms with E-state index < -0.39 is 17.5 Å². The Balaban J connectivity index is 1.88. The number of hydrogen-bond acceptors (Lipinski definition) is 4. The molecule has 2 N–H and O–H groups in total. The van der Waals surface area contributed by atoms with Gasteiger partial charge in [0.2, 0.25) is 5.88 Å². The van der Waals surface area contributed by atoms with Crippen LogP contribution in [0.5, 0.6) is 11.6 Å². The third-order valence-corrected chi connectivity index (χ3v) is 3.58. The Bertz CT molecular complexity index is 963. The van der Waals surface area contributed by atoms with Crippen LogP contribution in [0.2, 0.25) is 0 Å². The molecule has 1 aromatic heterocycles. The number of aliphatic imine (C=N–C) groups is 1. The summed E-state index contributed by atoms with van der Waals surface area (Å²) in [5.41, 5.74) is 2.21. The lowest BCUT2D eigenvalue weighted by atomic mass is 10.2. The maximum atomic E-state index is 13.7. The topological polar surface area (TPSA) is 66.7 Å². The zero-order chi connectivity index (χ0) is 19.2. The van der Waals surface area contributed by atoms with Gasteiger partial charge < -0.3 is 4.74 Å². The first-order valence-electron chi connectivity index (χ1n) is 7.84. The predicted molar refractivity (Wildman–Crippen MR) is 92.2 cm³/mol. The molecule has 8 heteroatoms. The smallest absolute Gasteiger partial charge is 0.230 e. The van der Waals surface area contributed by atoms with Crippen molar-refractivity contribution in [3.63, 3.8) is 0 Å². The summed E-state index contributed by atoms with van der Waals surface area (Å²) in [5.74, 6) is -1.27. The summed E-state index contributed by atoms with van der Waals surface area (Å²) >= 11 is 0. The number of hydrogen-bond donors (Lipinski definition) is 2. The maximum Gasteiger partial charge on any atom is 0.230 e. The molecule has 0 amide bonds. The van der Waals surface area contributed by atoms with Gasteiger partial charge in [0, 0.05) is 11.8 Å². The number of pyridine rings is 1. The molecule has 138 valence electrons. The van der Waals surface area contributed by atoms with Gasteiger partial charge in [0.25, 0.3) is 0 Å². The Morgan fingerprint density at radius 3 is 2.52 bits per heavy atom. The van der Waals surface area contributed by atoms with Crippen LogP contribution in [0.1, 0.15) is 11.1 Å². The SMILES string of the molecule is ONC(=NCc1cc(F)ccc1F)c1cccnc1Oc1ccc(F)cc1. The largest absolute Gasteiger partial charge is 0.438 e. The van der Waals surface area contributed by atoms with Gasteiger partial charge in [-0.2, -0.15) is 0 Å². The van der Waals surface area contributed by atoms with Gasteiger partial charge in [-0.25, -0.2) is 18.2 Å². The van der Waals surface area contributed by atoms with E-state index in [1.165, 1.54) is 30.5 Å². The summed E-state index contributed by atoms with van der Waals surface area (Å²) in [5, 5.41) is 9.43. The summed E-state index contributed by atoms with van der Waals surface area (Å²) in [6.45, 7) is -0.225. The van der Waals surface area contributed by atoms with E-state index in [1.54, 1.807) is 12.1 Å². The molecule has 3 rings (SSSR count). The van der Waals surface area contributed by atoms with Gasteiger partial charge in [-0.3, -0.25) is 15.7 Å². The number of nitrogens with one attached hydrogen (secondary N) is 1. The molecule has 0 aliphatic heterocycles. The average Bonchev–Trinajstić information content (AvgIpc) is 2.68. The van der Waals surface area contributed by atoms with E-state index in [4.69, 9.17) is 4.74 Å². The highest BCUT2D eigenvalue weighted by Gasteiger charge is 2.13. The molecule has 0 unspecified atom stereocenters. The third kappa shape index (κ3) is 4.62. The molecule has 5 nitrogen and oxygen atoms in total. The van der Waals surface area contributed by atoms with Crippen LogP contribution in [0.25, 0.3) is 0 Å². The second-order valence-corrected chi connectivity index (χ2v) is 5.42. The van der Waals surface area contributed by atoms with Crippen LogP contribution in [0.4, 0.5) is 13.2 Å². The molecule has 0 saturated carbocycles. The first kappa shape index (κ1) is 18.4. The van der Waals surface area contributed by atoms with Gasteiger partial charge in [-0.1, -0.05) is 0 Å². The summed E-state index contributed by atoms with van der Waals surface area (Å²) in [4.78, 5) is 8.14. The number of hydroxylamine groups is 1. The van der Waals surface area contributed by atoms with Crippen molar-refractivity contribution in [1.29, 1.82) is 0 Å². The number of ether oxygens (including phenoxy) is 1. The van der Waals surface area contributed by atoms with Gasteiger partial charge in [0.15, 0.2) is 5.84 Å². The minimum absolute atomic E-state index is 0.0210. The highest BCUT2D eigenvalue weighted by Crippen LogP contribution is 2.23. The lowest BCUT2D eigenvalue weighted by Gasteiger charge is -2.11. The lowest BCUT2D eigenvalue weighted by molar-refractivity contribution is 0.234. The Kier molecular flexibility index (Phi) is 5.68. The number of amidine groups is 1. The van der Waals surface area contributed by atoms with Crippen LogP contribution < -0.4 is 10.2 Å². The fourth-order valence-electron chi connectivity index (χ4n) is 2.28. The summed E-state index contributed by atoms with van der Waals surface area (Å²) < 4.78 is 45.6. The quantitative estimate of drug-likeness (QED) is 0.399. The van der Waals surface area contributed by atoms with E-state index in [0.29, 0.717) is 5.75 Å². The van der Waals surface area contributed by atoms with Gasteiger partial charge in [-0.05, 0) is 54.6 Å². The van der Waals surface area contributed by atoms with Crippen molar-refractivity contribution in [2.75, 3.05) is 0 Å². The number of benzene rings is 2. The molecule has 0 aliphatic rings. The van der Waals surface area contributed by atoms with E-state index in [0.717, 1.165) is 18.2 Å². The number of nitrogens with zero attached hydrogens (tertiary/aromatic N) is 2. The fourth-order valence-corrected chi connectivity index (χ4v) is 2.28. The average molecular weight is 373 g/mol. The molecular formula is C19H14F3N3O2. The Labute approximate surface area is 152 Å². The van der Waals surface area contributed by atoms with Crippen LogP contribution in [0.15, 0.2) is 65.8 Å².